The molecule has 2 aromatic rings. The molecule has 2 atom stereocenters. The number of aromatic nitrogens is 2. The number of benzene rings is 1. The molecule has 2 unspecified atom stereocenters. The van der Waals surface area contributed by atoms with Gasteiger partial charge in [-0.15, -0.1) is 0 Å². The molecular formula is C19H28N4O2. The van der Waals surface area contributed by atoms with Crippen molar-refractivity contribution in [1.82, 2.24) is 19.4 Å². The highest BCUT2D eigenvalue weighted by Crippen LogP contribution is 2.15. The lowest BCUT2D eigenvalue weighted by Gasteiger charge is -2.38. The highest BCUT2D eigenvalue weighted by Gasteiger charge is 2.27. The average molecular weight is 344 g/mol. The number of hydrogen-bond donors (Lipinski definition) is 1. The summed E-state index contributed by atoms with van der Waals surface area (Å²) in [7, 11) is 0. The van der Waals surface area contributed by atoms with Crippen molar-refractivity contribution in [2.24, 2.45) is 0 Å². The molecule has 0 spiro atoms. The summed E-state index contributed by atoms with van der Waals surface area (Å²) in [4.78, 5) is 27.4. The van der Waals surface area contributed by atoms with Gasteiger partial charge in [-0.3, -0.25) is 13.9 Å². The first kappa shape index (κ1) is 17.7. The second-order valence-corrected chi connectivity index (χ2v) is 6.90. The van der Waals surface area contributed by atoms with Crippen molar-refractivity contribution >= 4 is 16.9 Å². The van der Waals surface area contributed by atoms with Crippen LogP contribution in [0.1, 0.15) is 33.6 Å². The second-order valence-electron chi connectivity index (χ2n) is 6.90. The number of carbonyl (C=O) groups is 1. The molecule has 1 amide bonds. The summed E-state index contributed by atoms with van der Waals surface area (Å²) in [5, 5.41) is 3.39. The van der Waals surface area contributed by atoms with Crippen LogP contribution in [0.4, 0.5) is 0 Å². The summed E-state index contributed by atoms with van der Waals surface area (Å²) in [6.07, 6.45) is 1.26. The van der Waals surface area contributed by atoms with E-state index in [9.17, 15) is 9.59 Å². The Kier molecular flexibility index (Phi) is 5.27. The zero-order valence-electron chi connectivity index (χ0n) is 15.4. The van der Waals surface area contributed by atoms with Gasteiger partial charge in [-0.2, -0.15) is 0 Å². The average Bonchev–Trinajstić information content (AvgIpc) is 2.88. The summed E-state index contributed by atoms with van der Waals surface area (Å²) >= 11 is 0. The van der Waals surface area contributed by atoms with E-state index in [2.05, 4.69) is 26.1 Å². The lowest BCUT2D eigenvalue weighted by molar-refractivity contribution is -0.135. The van der Waals surface area contributed by atoms with Crippen LogP contribution in [0.2, 0.25) is 0 Å². The molecule has 136 valence electrons. The van der Waals surface area contributed by atoms with Crippen molar-refractivity contribution in [3.8, 4) is 0 Å². The van der Waals surface area contributed by atoms with Crippen molar-refractivity contribution in [3.63, 3.8) is 0 Å². The highest BCUT2D eigenvalue weighted by atomic mass is 16.2. The van der Waals surface area contributed by atoms with Crippen LogP contribution in [0.15, 0.2) is 29.1 Å². The summed E-state index contributed by atoms with van der Waals surface area (Å²) in [5.41, 5.74) is 1.85. The van der Waals surface area contributed by atoms with Gasteiger partial charge in [0.05, 0.1) is 11.0 Å². The van der Waals surface area contributed by atoms with Crippen molar-refractivity contribution in [2.45, 2.75) is 58.8 Å². The zero-order chi connectivity index (χ0) is 18.0. The normalized spacial score (nSPS) is 21.0. The molecule has 0 radical (unpaired) electrons. The number of piperazine rings is 1. The van der Waals surface area contributed by atoms with E-state index in [1.54, 1.807) is 4.57 Å². The Morgan fingerprint density at radius 3 is 2.44 bits per heavy atom. The first-order valence-electron chi connectivity index (χ1n) is 9.25. The molecule has 1 aliphatic rings. The van der Waals surface area contributed by atoms with Crippen molar-refractivity contribution in [1.29, 1.82) is 0 Å². The third kappa shape index (κ3) is 3.35. The maximum atomic E-state index is 12.8. The van der Waals surface area contributed by atoms with Gasteiger partial charge < -0.3 is 10.2 Å². The fourth-order valence-electron chi connectivity index (χ4n) is 3.69. The molecule has 0 bridgehead atoms. The number of para-hydroxylation sites is 2. The zero-order valence-corrected chi connectivity index (χ0v) is 15.4. The number of nitrogens with one attached hydrogen (secondary N) is 1. The van der Waals surface area contributed by atoms with E-state index < -0.39 is 0 Å². The minimum atomic E-state index is -0.0161. The molecule has 6 heteroatoms. The van der Waals surface area contributed by atoms with Crippen molar-refractivity contribution in [2.75, 3.05) is 13.1 Å². The van der Waals surface area contributed by atoms with E-state index in [1.807, 2.05) is 33.7 Å². The number of fused-ring (bicyclic) bond motifs is 1. The third-order valence-electron chi connectivity index (χ3n) is 5.28. The van der Waals surface area contributed by atoms with Gasteiger partial charge in [0.1, 0.15) is 0 Å². The number of imidazole rings is 1. The van der Waals surface area contributed by atoms with E-state index >= 15 is 0 Å². The van der Waals surface area contributed by atoms with Gasteiger partial charge in [-0.25, -0.2) is 4.79 Å². The van der Waals surface area contributed by atoms with E-state index in [0.717, 1.165) is 30.5 Å². The Bertz CT molecular complexity index is 807. The Hall–Kier alpha value is -2.08. The van der Waals surface area contributed by atoms with Gasteiger partial charge in [0.15, 0.2) is 0 Å². The van der Waals surface area contributed by atoms with Crippen LogP contribution >= 0.6 is 0 Å². The third-order valence-corrected chi connectivity index (χ3v) is 5.28. The van der Waals surface area contributed by atoms with Crippen LogP contribution in [0.5, 0.6) is 0 Å². The highest BCUT2D eigenvalue weighted by molar-refractivity contribution is 5.78. The second kappa shape index (κ2) is 7.44. The minimum absolute atomic E-state index is 0.0161. The topological polar surface area (TPSA) is 59.3 Å². The molecule has 2 heterocycles. The number of amides is 1. The van der Waals surface area contributed by atoms with Gasteiger partial charge in [-0.05, 0) is 32.4 Å². The monoisotopic (exact) mass is 344 g/mol. The minimum Gasteiger partial charge on any atom is -0.337 e. The van der Waals surface area contributed by atoms with Gasteiger partial charge in [0, 0.05) is 44.7 Å². The first-order valence-corrected chi connectivity index (χ1v) is 9.25. The quantitative estimate of drug-likeness (QED) is 0.900. The number of carbonyl (C=O) groups excluding carboxylic acids is 1. The Morgan fingerprint density at radius 1 is 1.16 bits per heavy atom. The molecule has 1 saturated heterocycles. The van der Waals surface area contributed by atoms with Crippen LogP contribution in [-0.2, 0) is 17.9 Å². The number of rotatable bonds is 5. The van der Waals surface area contributed by atoms with E-state index in [1.165, 1.54) is 0 Å². The molecule has 1 fully saturated rings. The van der Waals surface area contributed by atoms with Gasteiger partial charge in [-0.1, -0.05) is 19.1 Å². The fourth-order valence-corrected chi connectivity index (χ4v) is 3.69. The smallest absolute Gasteiger partial charge is 0.329 e. The molecule has 1 aromatic heterocycles. The summed E-state index contributed by atoms with van der Waals surface area (Å²) in [5.74, 6) is 0.125. The molecule has 6 nitrogen and oxygen atoms in total. The largest absolute Gasteiger partial charge is 0.337 e. The maximum Gasteiger partial charge on any atom is 0.329 e. The van der Waals surface area contributed by atoms with Gasteiger partial charge >= 0.3 is 5.69 Å². The maximum absolute atomic E-state index is 12.8. The molecular weight excluding hydrogens is 316 g/mol. The van der Waals surface area contributed by atoms with Gasteiger partial charge in [0.25, 0.3) is 0 Å². The summed E-state index contributed by atoms with van der Waals surface area (Å²) in [6.45, 7) is 8.94. The van der Waals surface area contributed by atoms with Crippen LogP contribution in [0.3, 0.4) is 0 Å². The SMILES string of the molecule is CCCn1c(=O)n(CCC(=O)N2CCNC(C)C2C)c2ccccc21. The lowest BCUT2D eigenvalue weighted by Crippen LogP contribution is -2.57. The lowest BCUT2D eigenvalue weighted by atomic mass is 10.1. The Morgan fingerprint density at radius 2 is 1.80 bits per heavy atom. The van der Waals surface area contributed by atoms with E-state index in [0.29, 0.717) is 25.6 Å². The first-order chi connectivity index (χ1) is 12.0. The standard InChI is InChI=1S/C19H28N4O2/c1-4-11-22-16-7-5-6-8-17(16)23(19(22)25)12-9-18(24)21-13-10-20-14(2)15(21)3/h5-8,14-15,20H,4,9-13H2,1-3H3. The Balaban J connectivity index is 1.80. The molecule has 1 aliphatic heterocycles. The molecule has 0 saturated carbocycles. The molecule has 1 N–H and O–H groups in total. The van der Waals surface area contributed by atoms with Crippen LogP contribution < -0.4 is 11.0 Å². The van der Waals surface area contributed by atoms with E-state index in [4.69, 9.17) is 0 Å². The van der Waals surface area contributed by atoms with Crippen molar-refractivity contribution in [3.05, 3.63) is 34.7 Å². The summed E-state index contributed by atoms with van der Waals surface area (Å²) in [6, 6.07) is 8.31. The Labute approximate surface area is 148 Å². The van der Waals surface area contributed by atoms with E-state index in [-0.39, 0.29) is 17.6 Å². The van der Waals surface area contributed by atoms with Crippen LogP contribution in [0.25, 0.3) is 11.0 Å². The van der Waals surface area contributed by atoms with Gasteiger partial charge in [0.2, 0.25) is 5.91 Å². The number of hydrogen-bond acceptors (Lipinski definition) is 3. The predicted molar refractivity (Wildman–Crippen MR) is 99.7 cm³/mol. The molecule has 0 aliphatic carbocycles. The molecule has 25 heavy (non-hydrogen) atoms. The number of aryl methyl sites for hydroxylation is 2. The number of nitrogens with zero attached hydrogens (tertiary/aromatic N) is 3. The summed E-state index contributed by atoms with van der Waals surface area (Å²) < 4.78 is 3.56. The predicted octanol–water partition coefficient (Wildman–Crippen LogP) is 1.81. The molecule has 3 rings (SSSR count). The fraction of sp³-hybridized carbons (Fsp3) is 0.579. The van der Waals surface area contributed by atoms with Crippen LogP contribution in [0, 0.1) is 0 Å². The van der Waals surface area contributed by atoms with Crippen LogP contribution in [-0.4, -0.2) is 45.1 Å². The molecule has 1 aromatic carbocycles. The van der Waals surface area contributed by atoms with Crippen molar-refractivity contribution < 1.29 is 4.79 Å².